The van der Waals surface area contributed by atoms with Crippen LogP contribution in [0.25, 0.3) is 93.6 Å². The second-order valence-electron chi connectivity index (χ2n) is 12.3. The highest BCUT2D eigenvalue weighted by Gasteiger charge is 2.20. The molecule has 0 saturated heterocycles. The average molecular weight is 664 g/mol. The summed E-state index contributed by atoms with van der Waals surface area (Å²) in [5.74, 6) is 0. The SMILES string of the molecule is [2H]c1c([2H])c([2H])c2c(c1[2H])c1c([2H])c(-c3c([2H])c([2H])c4c(c3[2H])c3c([2H])c([2H])c([2H])c([2H])c3n4-c3cccc4c5ccccc5n(-c5ccccc5)c34)c([2H])c([2H])c1n2-c1ccccc1. The fraction of sp³-hybridized carbons (Fsp3) is 0. The maximum Gasteiger partial charge on any atom is 0.0782 e. The zero-order valence-electron chi connectivity index (χ0n) is 40.7. The van der Waals surface area contributed by atoms with Crippen molar-refractivity contribution in [3.63, 3.8) is 0 Å². The van der Waals surface area contributed by atoms with E-state index in [1.165, 1.54) is 9.13 Å². The minimum Gasteiger partial charge on any atom is -0.309 e. The van der Waals surface area contributed by atoms with Crippen LogP contribution in [-0.2, 0) is 0 Å². The van der Waals surface area contributed by atoms with Crippen LogP contribution in [0.2, 0.25) is 0 Å². The van der Waals surface area contributed by atoms with Crippen LogP contribution in [0.5, 0.6) is 0 Å². The molecule has 0 spiro atoms. The molecule has 8 aromatic carbocycles. The molecule has 0 bridgehead atoms. The van der Waals surface area contributed by atoms with E-state index in [-0.39, 0.29) is 43.6 Å². The van der Waals surface area contributed by atoms with Gasteiger partial charge in [-0.05, 0) is 83.8 Å². The third-order valence-corrected chi connectivity index (χ3v) is 9.51. The van der Waals surface area contributed by atoms with Crippen LogP contribution in [-0.4, -0.2) is 13.7 Å². The topological polar surface area (TPSA) is 14.8 Å². The summed E-state index contributed by atoms with van der Waals surface area (Å²) in [6, 6.07) is 23.8. The van der Waals surface area contributed by atoms with Gasteiger partial charge in [0.1, 0.15) is 0 Å². The molecule has 238 valence electrons. The van der Waals surface area contributed by atoms with Gasteiger partial charge in [0.25, 0.3) is 0 Å². The van der Waals surface area contributed by atoms with Crippen LogP contribution in [0.1, 0.15) is 19.2 Å². The summed E-state index contributed by atoms with van der Waals surface area (Å²) in [6.45, 7) is 0. The van der Waals surface area contributed by atoms with E-state index in [0.29, 0.717) is 16.9 Å². The lowest BCUT2D eigenvalue weighted by Gasteiger charge is -2.14. The van der Waals surface area contributed by atoms with Gasteiger partial charge in [-0.2, -0.15) is 0 Å². The van der Waals surface area contributed by atoms with Gasteiger partial charge in [-0.1, -0.05) is 115 Å². The van der Waals surface area contributed by atoms with E-state index in [2.05, 4.69) is 0 Å². The number of aromatic nitrogens is 3. The standard InChI is InChI=1S/C48H31N3/c1-3-14-34(15-4-1)49-42-22-10-8-19-37(42)40-30-32(26-28-45(40)49)33-27-29-46-41(31-33)38-20-9-12-24-44(38)51(46)47-25-13-21-39-36-18-7-11-23-43(36)50(48(39)47)35-16-5-2-6-17-35/h1-31H/i8D,9D,10D,12D,19D,20D,22D,24D,26D,27D,28D,29D,30D,31D. The third kappa shape index (κ3) is 4.06. The molecule has 0 atom stereocenters. The third-order valence-electron chi connectivity index (χ3n) is 9.51. The Morgan fingerprint density at radius 3 is 1.51 bits per heavy atom. The first-order valence-electron chi connectivity index (χ1n) is 23.4. The van der Waals surface area contributed by atoms with Crippen LogP contribution in [0.4, 0.5) is 0 Å². The van der Waals surface area contributed by atoms with Crippen molar-refractivity contribution in [3.8, 4) is 28.2 Å². The van der Waals surface area contributed by atoms with Gasteiger partial charge < -0.3 is 13.7 Å². The van der Waals surface area contributed by atoms with E-state index in [9.17, 15) is 11.0 Å². The molecule has 0 fully saturated rings. The van der Waals surface area contributed by atoms with E-state index in [4.69, 9.17) is 8.22 Å². The zero-order chi connectivity index (χ0) is 45.7. The second-order valence-corrected chi connectivity index (χ2v) is 12.3. The molecule has 11 rings (SSSR count). The summed E-state index contributed by atoms with van der Waals surface area (Å²) in [5.41, 5.74) is 1.98. The molecule has 3 heteroatoms. The van der Waals surface area contributed by atoms with Gasteiger partial charge in [-0.25, -0.2) is 0 Å². The van der Waals surface area contributed by atoms with Gasteiger partial charge >= 0.3 is 0 Å². The molecule has 0 unspecified atom stereocenters. The summed E-state index contributed by atoms with van der Waals surface area (Å²) in [6.07, 6.45) is 0. The molecule has 0 aliphatic heterocycles. The van der Waals surface area contributed by atoms with Gasteiger partial charge in [0.2, 0.25) is 0 Å². The van der Waals surface area contributed by atoms with Gasteiger partial charge in [0, 0.05) is 43.7 Å². The Kier molecular flexibility index (Phi) is 3.76. The molecule has 3 aromatic heterocycles. The van der Waals surface area contributed by atoms with Gasteiger partial charge in [-0.3, -0.25) is 0 Å². The Hall–Kier alpha value is -6.84. The minimum absolute atomic E-state index is 0.0364. The largest absolute Gasteiger partial charge is 0.309 e. The van der Waals surface area contributed by atoms with Crippen LogP contribution in [0.15, 0.2) is 188 Å². The highest BCUT2D eigenvalue weighted by Crippen LogP contribution is 2.41. The van der Waals surface area contributed by atoms with Crippen LogP contribution in [0, 0.1) is 0 Å². The minimum atomic E-state index is -0.618. The Morgan fingerprint density at radius 2 is 0.843 bits per heavy atom. The lowest BCUT2D eigenvalue weighted by Crippen LogP contribution is -2.00. The maximum absolute atomic E-state index is 9.97. The van der Waals surface area contributed by atoms with Crippen molar-refractivity contribution >= 4 is 65.4 Å². The number of fused-ring (bicyclic) bond motifs is 9. The first-order valence-corrected chi connectivity index (χ1v) is 16.4. The number of benzene rings is 8. The van der Waals surface area contributed by atoms with E-state index in [0.717, 1.165) is 22.0 Å². The Balaban J connectivity index is 1.34. The fourth-order valence-corrected chi connectivity index (χ4v) is 7.38. The predicted molar refractivity (Wildman–Crippen MR) is 215 cm³/mol. The smallest absolute Gasteiger partial charge is 0.0782 e. The Labute approximate surface area is 314 Å². The van der Waals surface area contributed by atoms with E-state index < -0.39 is 95.7 Å². The molecule has 0 radical (unpaired) electrons. The number of hydrogen-bond donors (Lipinski definition) is 0. The lowest BCUT2D eigenvalue weighted by molar-refractivity contribution is 1.13. The number of hydrogen-bond acceptors (Lipinski definition) is 0. The van der Waals surface area contributed by atoms with E-state index in [1.54, 1.807) is 42.5 Å². The Bertz CT molecular complexity index is 3930. The molecule has 3 nitrogen and oxygen atoms in total. The highest BCUT2D eigenvalue weighted by atomic mass is 15.1. The van der Waals surface area contributed by atoms with Crippen molar-refractivity contribution in [2.45, 2.75) is 0 Å². The van der Waals surface area contributed by atoms with Crippen molar-refractivity contribution in [1.29, 1.82) is 0 Å². The molecule has 0 N–H and O–H groups in total. The van der Waals surface area contributed by atoms with Crippen molar-refractivity contribution in [3.05, 3.63) is 188 Å². The van der Waals surface area contributed by atoms with Crippen molar-refractivity contribution in [2.75, 3.05) is 0 Å². The Morgan fingerprint density at radius 1 is 0.333 bits per heavy atom. The number of rotatable bonds is 4. The summed E-state index contributed by atoms with van der Waals surface area (Å²) in [5, 5.41) is 1.19. The molecular weight excluding hydrogens is 619 g/mol. The van der Waals surface area contributed by atoms with Gasteiger partial charge in [-0.15, -0.1) is 0 Å². The first kappa shape index (κ1) is 17.7. The maximum atomic E-state index is 9.97. The van der Waals surface area contributed by atoms with Crippen molar-refractivity contribution in [2.24, 2.45) is 0 Å². The molecule has 3 heterocycles. The molecule has 51 heavy (non-hydrogen) atoms. The summed E-state index contributed by atoms with van der Waals surface area (Å²) < 4.78 is 135. The zero-order valence-corrected chi connectivity index (χ0v) is 26.7. The molecule has 0 aliphatic rings. The molecule has 0 aliphatic carbocycles. The normalized spacial score (nSPS) is 15.8. The summed E-state index contributed by atoms with van der Waals surface area (Å²) in [7, 11) is 0. The fourth-order valence-electron chi connectivity index (χ4n) is 7.38. The van der Waals surface area contributed by atoms with Crippen LogP contribution >= 0.6 is 0 Å². The van der Waals surface area contributed by atoms with Gasteiger partial charge in [0.15, 0.2) is 0 Å². The quantitative estimate of drug-likeness (QED) is 0.178. The van der Waals surface area contributed by atoms with E-state index >= 15 is 0 Å². The van der Waals surface area contributed by atoms with E-state index in [1.807, 2.05) is 65.2 Å². The number of nitrogens with zero attached hydrogens (tertiary/aromatic N) is 3. The molecule has 11 aromatic rings. The molecule has 0 amide bonds. The predicted octanol–water partition coefficient (Wildman–Crippen LogP) is 12.6. The number of para-hydroxylation sites is 6. The van der Waals surface area contributed by atoms with Crippen LogP contribution in [0.3, 0.4) is 0 Å². The lowest BCUT2D eigenvalue weighted by atomic mass is 10.0. The molecular formula is C48H31N3. The second kappa shape index (κ2) is 10.8. The van der Waals surface area contributed by atoms with Gasteiger partial charge in [0.05, 0.1) is 58.0 Å². The first-order chi connectivity index (χ1) is 31.2. The van der Waals surface area contributed by atoms with Crippen LogP contribution < -0.4 is 0 Å². The summed E-state index contributed by atoms with van der Waals surface area (Å²) >= 11 is 0. The van der Waals surface area contributed by atoms with Crippen molar-refractivity contribution < 1.29 is 19.2 Å². The molecule has 0 saturated carbocycles. The summed E-state index contributed by atoms with van der Waals surface area (Å²) in [4.78, 5) is 0. The monoisotopic (exact) mass is 663 g/mol. The van der Waals surface area contributed by atoms with Crippen molar-refractivity contribution in [1.82, 2.24) is 13.7 Å². The average Bonchev–Trinajstić information content (AvgIpc) is 3.99. The highest BCUT2D eigenvalue weighted by molar-refractivity contribution is 6.16.